The van der Waals surface area contributed by atoms with Crippen molar-refractivity contribution in [2.45, 2.75) is 6.04 Å². The molecule has 1 atom stereocenters. The van der Waals surface area contributed by atoms with E-state index in [1.807, 2.05) is 18.2 Å². The zero-order valence-corrected chi connectivity index (χ0v) is 12.6. The summed E-state index contributed by atoms with van der Waals surface area (Å²) in [6.45, 7) is 0.315. The molecular formula is C16H13Cl2NO2. The van der Waals surface area contributed by atoms with Crippen LogP contribution in [0.25, 0.3) is 11.0 Å². The van der Waals surface area contributed by atoms with Crippen molar-refractivity contribution in [3.05, 3.63) is 64.3 Å². The van der Waals surface area contributed by atoms with Gasteiger partial charge in [0.15, 0.2) is 0 Å². The summed E-state index contributed by atoms with van der Waals surface area (Å²) in [4.78, 5) is 0. The Morgan fingerprint density at radius 1 is 1.00 bits per heavy atom. The van der Waals surface area contributed by atoms with Crippen molar-refractivity contribution in [2.75, 3.05) is 6.61 Å². The molecule has 3 rings (SSSR count). The number of benzene rings is 2. The lowest BCUT2D eigenvalue weighted by Crippen LogP contribution is -2.18. The second kappa shape index (κ2) is 5.98. The predicted octanol–water partition coefficient (Wildman–Crippen LogP) is 4.82. The highest BCUT2D eigenvalue weighted by atomic mass is 35.5. The molecule has 1 unspecified atom stereocenters. The highest BCUT2D eigenvalue weighted by molar-refractivity contribution is 6.31. The largest absolute Gasteiger partial charge is 0.491 e. The standard InChI is InChI=1S/C16H13Cl2NO2/c17-11-1-4-13(5-2-11)20-9-14(19)16-8-10-7-12(18)3-6-15(10)21-16/h1-8,14H,9,19H2. The first kappa shape index (κ1) is 14.3. The Balaban J connectivity index is 1.71. The molecule has 3 aromatic rings. The molecule has 1 heterocycles. The van der Waals surface area contributed by atoms with Crippen LogP contribution in [0.15, 0.2) is 52.9 Å². The number of halogens is 2. The molecule has 2 N–H and O–H groups in total. The van der Waals surface area contributed by atoms with Gasteiger partial charge < -0.3 is 14.9 Å². The Labute approximate surface area is 132 Å². The first-order valence-electron chi connectivity index (χ1n) is 6.45. The van der Waals surface area contributed by atoms with E-state index in [1.54, 1.807) is 30.3 Å². The topological polar surface area (TPSA) is 48.4 Å². The summed E-state index contributed by atoms with van der Waals surface area (Å²) < 4.78 is 11.3. The van der Waals surface area contributed by atoms with Gasteiger partial charge in [0.25, 0.3) is 0 Å². The van der Waals surface area contributed by atoms with Crippen molar-refractivity contribution < 1.29 is 9.15 Å². The van der Waals surface area contributed by atoms with Crippen molar-refractivity contribution in [1.29, 1.82) is 0 Å². The first-order valence-corrected chi connectivity index (χ1v) is 7.20. The van der Waals surface area contributed by atoms with Gasteiger partial charge in [-0.15, -0.1) is 0 Å². The summed E-state index contributed by atoms with van der Waals surface area (Å²) >= 11 is 11.8. The van der Waals surface area contributed by atoms with Gasteiger partial charge in [0.05, 0.1) is 6.04 Å². The van der Waals surface area contributed by atoms with E-state index in [4.69, 9.17) is 38.1 Å². The predicted molar refractivity (Wildman–Crippen MR) is 85.1 cm³/mol. The summed E-state index contributed by atoms with van der Waals surface area (Å²) in [5.41, 5.74) is 6.86. The Hall–Kier alpha value is -1.68. The summed E-state index contributed by atoms with van der Waals surface area (Å²) in [7, 11) is 0. The van der Waals surface area contributed by atoms with Gasteiger partial charge in [0.2, 0.25) is 0 Å². The van der Waals surface area contributed by atoms with E-state index in [0.29, 0.717) is 28.2 Å². The van der Waals surface area contributed by atoms with Crippen LogP contribution in [0.3, 0.4) is 0 Å². The quantitative estimate of drug-likeness (QED) is 0.749. The molecule has 0 aliphatic rings. The number of hydrogen-bond donors (Lipinski definition) is 1. The summed E-state index contributed by atoms with van der Waals surface area (Å²) in [5, 5.41) is 2.26. The maximum Gasteiger partial charge on any atom is 0.134 e. The fourth-order valence-electron chi connectivity index (χ4n) is 2.02. The molecule has 1 aromatic heterocycles. The van der Waals surface area contributed by atoms with E-state index in [0.717, 1.165) is 11.0 Å². The molecule has 2 aromatic carbocycles. The number of ether oxygens (including phenoxy) is 1. The van der Waals surface area contributed by atoms with Gasteiger partial charge in [0.1, 0.15) is 23.7 Å². The lowest BCUT2D eigenvalue weighted by molar-refractivity contribution is 0.275. The van der Waals surface area contributed by atoms with Crippen LogP contribution >= 0.6 is 23.2 Å². The van der Waals surface area contributed by atoms with Gasteiger partial charge >= 0.3 is 0 Å². The van der Waals surface area contributed by atoms with Crippen molar-refractivity contribution in [3.63, 3.8) is 0 Å². The molecule has 0 aliphatic carbocycles. The molecule has 0 amide bonds. The van der Waals surface area contributed by atoms with Gasteiger partial charge in [-0.3, -0.25) is 0 Å². The van der Waals surface area contributed by atoms with Gasteiger partial charge in [-0.05, 0) is 48.5 Å². The van der Waals surface area contributed by atoms with Crippen LogP contribution in [0.4, 0.5) is 0 Å². The second-order valence-electron chi connectivity index (χ2n) is 4.70. The van der Waals surface area contributed by atoms with Crippen molar-refractivity contribution in [3.8, 4) is 5.75 Å². The minimum atomic E-state index is -0.355. The van der Waals surface area contributed by atoms with Crippen LogP contribution in [-0.2, 0) is 0 Å². The molecule has 0 spiro atoms. The highest BCUT2D eigenvalue weighted by Crippen LogP contribution is 2.26. The lowest BCUT2D eigenvalue weighted by Gasteiger charge is -2.10. The van der Waals surface area contributed by atoms with E-state index in [-0.39, 0.29) is 6.04 Å². The van der Waals surface area contributed by atoms with Gasteiger partial charge in [0, 0.05) is 15.4 Å². The number of furan rings is 1. The van der Waals surface area contributed by atoms with E-state index >= 15 is 0 Å². The summed E-state index contributed by atoms with van der Waals surface area (Å²) in [6.07, 6.45) is 0. The third-order valence-electron chi connectivity index (χ3n) is 3.11. The summed E-state index contributed by atoms with van der Waals surface area (Å²) in [5.74, 6) is 1.38. The maximum absolute atomic E-state index is 6.10. The second-order valence-corrected chi connectivity index (χ2v) is 5.58. The number of rotatable bonds is 4. The minimum absolute atomic E-state index is 0.315. The molecule has 3 nitrogen and oxygen atoms in total. The van der Waals surface area contributed by atoms with E-state index in [1.165, 1.54) is 0 Å². The molecule has 0 saturated carbocycles. The fourth-order valence-corrected chi connectivity index (χ4v) is 2.32. The molecule has 108 valence electrons. The normalized spacial score (nSPS) is 12.5. The Morgan fingerprint density at radius 3 is 2.48 bits per heavy atom. The third kappa shape index (κ3) is 3.32. The zero-order valence-electron chi connectivity index (χ0n) is 11.1. The van der Waals surface area contributed by atoms with Crippen LogP contribution in [0.2, 0.25) is 10.0 Å². The Bertz CT molecular complexity index is 753. The van der Waals surface area contributed by atoms with Crippen molar-refractivity contribution in [1.82, 2.24) is 0 Å². The van der Waals surface area contributed by atoms with Crippen LogP contribution in [0.1, 0.15) is 11.8 Å². The SMILES string of the molecule is NC(COc1ccc(Cl)cc1)c1cc2cc(Cl)ccc2o1. The minimum Gasteiger partial charge on any atom is -0.491 e. The van der Waals surface area contributed by atoms with E-state index in [9.17, 15) is 0 Å². The molecule has 0 aliphatic heterocycles. The van der Waals surface area contributed by atoms with Crippen molar-refractivity contribution >= 4 is 34.2 Å². The maximum atomic E-state index is 6.10. The molecular weight excluding hydrogens is 309 g/mol. The van der Waals surface area contributed by atoms with E-state index < -0.39 is 0 Å². The van der Waals surface area contributed by atoms with Gasteiger partial charge in [-0.2, -0.15) is 0 Å². The van der Waals surface area contributed by atoms with Crippen LogP contribution in [-0.4, -0.2) is 6.61 Å². The number of nitrogens with two attached hydrogens (primary N) is 1. The third-order valence-corrected chi connectivity index (χ3v) is 3.59. The number of fused-ring (bicyclic) bond motifs is 1. The first-order chi connectivity index (χ1) is 10.1. The van der Waals surface area contributed by atoms with Crippen LogP contribution in [0.5, 0.6) is 5.75 Å². The molecule has 0 radical (unpaired) electrons. The van der Waals surface area contributed by atoms with Gasteiger partial charge in [-0.25, -0.2) is 0 Å². The molecule has 0 saturated heterocycles. The zero-order chi connectivity index (χ0) is 14.8. The molecule has 5 heteroatoms. The fraction of sp³-hybridized carbons (Fsp3) is 0.125. The van der Waals surface area contributed by atoms with Crippen molar-refractivity contribution in [2.24, 2.45) is 5.73 Å². The highest BCUT2D eigenvalue weighted by Gasteiger charge is 2.13. The van der Waals surface area contributed by atoms with Crippen LogP contribution in [0, 0.1) is 0 Å². The monoisotopic (exact) mass is 321 g/mol. The molecule has 0 fully saturated rings. The lowest BCUT2D eigenvalue weighted by atomic mass is 10.2. The van der Waals surface area contributed by atoms with E-state index in [2.05, 4.69) is 0 Å². The van der Waals surface area contributed by atoms with Gasteiger partial charge in [-0.1, -0.05) is 23.2 Å². The average Bonchev–Trinajstić information content (AvgIpc) is 2.89. The smallest absolute Gasteiger partial charge is 0.134 e. The number of hydrogen-bond acceptors (Lipinski definition) is 3. The molecule has 21 heavy (non-hydrogen) atoms. The Morgan fingerprint density at radius 2 is 1.71 bits per heavy atom. The summed E-state index contributed by atoms with van der Waals surface area (Å²) in [6, 6.07) is 14.1. The Kier molecular flexibility index (Phi) is 4.06. The molecule has 0 bridgehead atoms. The average molecular weight is 322 g/mol. The van der Waals surface area contributed by atoms with Crippen LogP contribution < -0.4 is 10.5 Å².